The smallest absolute Gasteiger partial charge is 0.159 e. The minimum Gasteiger partial charge on any atom is -0.328 e. The first-order chi connectivity index (χ1) is 7.58. The highest BCUT2D eigenvalue weighted by molar-refractivity contribution is 5.22. The van der Waals surface area contributed by atoms with Gasteiger partial charge in [-0.2, -0.15) is 0 Å². The number of piperidine rings is 1. The van der Waals surface area contributed by atoms with Gasteiger partial charge in [0.25, 0.3) is 0 Å². The summed E-state index contributed by atoms with van der Waals surface area (Å²) in [4.78, 5) is 2.13. The van der Waals surface area contributed by atoms with Crippen molar-refractivity contribution in [2.45, 2.75) is 24.9 Å². The number of benzene rings is 1. The average molecular weight is 226 g/mol. The zero-order chi connectivity index (χ0) is 11.7. The molecule has 0 spiro atoms. The summed E-state index contributed by atoms with van der Waals surface area (Å²) in [5, 5.41) is 0. The summed E-state index contributed by atoms with van der Waals surface area (Å²) < 4.78 is 26.0. The summed E-state index contributed by atoms with van der Waals surface area (Å²) in [7, 11) is 1.98. The molecule has 0 aliphatic carbocycles. The van der Waals surface area contributed by atoms with E-state index < -0.39 is 11.6 Å². The largest absolute Gasteiger partial charge is 0.328 e. The van der Waals surface area contributed by atoms with Gasteiger partial charge >= 0.3 is 0 Å². The molecule has 4 heteroatoms. The van der Waals surface area contributed by atoms with E-state index in [0.717, 1.165) is 24.9 Å². The van der Waals surface area contributed by atoms with Crippen LogP contribution in [0.15, 0.2) is 18.2 Å². The molecule has 0 aromatic heterocycles. The van der Waals surface area contributed by atoms with Gasteiger partial charge in [0.15, 0.2) is 11.6 Å². The number of rotatable bonds is 1. The van der Waals surface area contributed by atoms with Crippen LogP contribution in [-0.4, -0.2) is 24.5 Å². The first-order valence-electron chi connectivity index (χ1n) is 5.48. The molecule has 16 heavy (non-hydrogen) atoms. The van der Waals surface area contributed by atoms with Crippen molar-refractivity contribution in [1.82, 2.24) is 4.90 Å². The van der Waals surface area contributed by atoms with Crippen LogP contribution in [0, 0.1) is 11.6 Å². The summed E-state index contributed by atoms with van der Waals surface area (Å²) in [6, 6.07) is 4.33. The standard InChI is InChI=1S/C12H16F2N2/c1-16-5-4-9(15)7-12(16)8-2-3-10(13)11(14)6-8/h2-3,6,9,12H,4-5,7,15H2,1H3. The third kappa shape index (κ3) is 2.23. The van der Waals surface area contributed by atoms with Crippen LogP contribution < -0.4 is 5.73 Å². The second-order valence-corrected chi connectivity index (χ2v) is 4.45. The molecule has 0 amide bonds. The second-order valence-electron chi connectivity index (χ2n) is 4.45. The lowest BCUT2D eigenvalue weighted by molar-refractivity contribution is 0.171. The molecule has 1 fully saturated rings. The van der Waals surface area contributed by atoms with Crippen LogP contribution in [0.2, 0.25) is 0 Å². The molecule has 1 aromatic carbocycles. The van der Waals surface area contributed by atoms with Crippen LogP contribution in [0.5, 0.6) is 0 Å². The van der Waals surface area contributed by atoms with Gasteiger partial charge in [-0.1, -0.05) is 6.07 Å². The monoisotopic (exact) mass is 226 g/mol. The zero-order valence-electron chi connectivity index (χ0n) is 9.29. The molecule has 1 aliphatic heterocycles. The van der Waals surface area contributed by atoms with Crippen LogP contribution in [0.4, 0.5) is 8.78 Å². The topological polar surface area (TPSA) is 29.3 Å². The van der Waals surface area contributed by atoms with E-state index in [2.05, 4.69) is 4.90 Å². The van der Waals surface area contributed by atoms with E-state index in [1.165, 1.54) is 12.1 Å². The van der Waals surface area contributed by atoms with E-state index in [1.807, 2.05) is 7.05 Å². The molecular weight excluding hydrogens is 210 g/mol. The van der Waals surface area contributed by atoms with Crippen molar-refractivity contribution in [3.63, 3.8) is 0 Å². The Morgan fingerprint density at radius 2 is 2.06 bits per heavy atom. The lowest BCUT2D eigenvalue weighted by Crippen LogP contribution is -2.39. The fourth-order valence-electron chi connectivity index (χ4n) is 2.22. The molecule has 1 aromatic rings. The second kappa shape index (κ2) is 4.47. The molecule has 0 radical (unpaired) electrons. The Morgan fingerprint density at radius 3 is 2.75 bits per heavy atom. The molecule has 2 N–H and O–H groups in total. The Morgan fingerprint density at radius 1 is 1.31 bits per heavy atom. The SMILES string of the molecule is CN1CCC(N)CC1c1ccc(F)c(F)c1. The summed E-state index contributed by atoms with van der Waals surface area (Å²) in [6.45, 7) is 0.894. The molecule has 2 nitrogen and oxygen atoms in total. The minimum absolute atomic E-state index is 0.0962. The van der Waals surface area contributed by atoms with Gasteiger partial charge in [0.05, 0.1) is 0 Å². The van der Waals surface area contributed by atoms with Crippen molar-refractivity contribution in [2.75, 3.05) is 13.6 Å². The third-order valence-electron chi connectivity index (χ3n) is 3.24. The normalized spacial score (nSPS) is 27.0. The number of hydrogen-bond donors (Lipinski definition) is 1. The maximum atomic E-state index is 13.1. The highest BCUT2D eigenvalue weighted by Crippen LogP contribution is 2.29. The van der Waals surface area contributed by atoms with Gasteiger partial charge in [-0.25, -0.2) is 8.78 Å². The van der Waals surface area contributed by atoms with Crippen LogP contribution in [0.3, 0.4) is 0 Å². The van der Waals surface area contributed by atoms with Crippen molar-refractivity contribution < 1.29 is 8.78 Å². The van der Waals surface area contributed by atoms with E-state index in [-0.39, 0.29) is 12.1 Å². The highest BCUT2D eigenvalue weighted by Gasteiger charge is 2.25. The lowest BCUT2D eigenvalue weighted by atomic mass is 9.93. The fourth-order valence-corrected chi connectivity index (χ4v) is 2.22. The Balaban J connectivity index is 2.24. The van der Waals surface area contributed by atoms with Crippen molar-refractivity contribution in [1.29, 1.82) is 0 Å². The molecule has 2 atom stereocenters. The molecule has 1 heterocycles. The van der Waals surface area contributed by atoms with E-state index in [9.17, 15) is 8.78 Å². The van der Waals surface area contributed by atoms with Crippen LogP contribution in [0.25, 0.3) is 0 Å². The molecule has 2 rings (SSSR count). The Labute approximate surface area is 94.0 Å². The number of nitrogens with zero attached hydrogens (tertiary/aromatic N) is 1. The Kier molecular flexibility index (Phi) is 3.21. The van der Waals surface area contributed by atoms with Gasteiger partial charge in [0, 0.05) is 12.1 Å². The van der Waals surface area contributed by atoms with E-state index in [4.69, 9.17) is 5.73 Å². The molecular formula is C12H16F2N2. The number of likely N-dealkylation sites (tertiary alicyclic amines) is 1. The van der Waals surface area contributed by atoms with Crippen molar-refractivity contribution >= 4 is 0 Å². The minimum atomic E-state index is -0.800. The quantitative estimate of drug-likeness (QED) is 0.794. The van der Waals surface area contributed by atoms with E-state index in [0.29, 0.717) is 0 Å². The highest BCUT2D eigenvalue weighted by atomic mass is 19.2. The van der Waals surface area contributed by atoms with Gasteiger partial charge in [0.1, 0.15) is 0 Å². The maximum absolute atomic E-state index is 13.1. The van der Waals surface area contributed by atoms with Crippen LogP contribution >= 0.6 is 0 Å². The van der Waals surface area contributed by atoms with Gasteiger partial charge in [-0.15, -0.1) is 0 Å². The molecule has 1 saturated heterocycles. The van der Waals surface area contributed by atoms with Crippen molar-refractivity contribution in [3.8, 4) is 0 Å². The van der Waals surface area contributed by atoms with Gasteiger partial charge in [0.2, 0.25) is 0 Å². The van der Waals surface area contributed by atoms with Crippen molar-refractivity contribution in [3.05, 3.63) is 35.4 Å². The first kappa shape index (κ1) is 11.5. The van der Waals surface area contributed by atoms with E-state index >= 15 is 0 Å². The molecule has 0 bridgehead atoms. The zero-order valence-corrected chi connectivity index (χ0v) is 9.29. The number of hydrogen-bond acceptors (Lipinski definition) is 2. The predicted octanol–water partition coefficient (Wildman–Crippen LogP) is 2.06. The fraction of sp³-hybridized carbons (Fsp3) is 0.500. The van der Waals surface area contributed by atoms with Gasteiger partial charge in [-0.3, -0.25) is 4.90 Å². The predicted molar refractivity (Wildman–Crippen MR) is 58.9 cm³/mol. The summed E-state index contributed by atoms with van der Waals surface area (Å²) in [5.74, 6) is -1.59. The average Bonchev–Trinajstić information content (AvgIpc) is 2.26. The molecule has 88 valence electrons. The number of halogens is 2. The Hall–Kier alpha value is -1.00. The first-order valence-corrected chi connectivity index (χ1v) is 5.48. The summed E-state index contributed by atoms with van der Waals surface area (Å²) in [5.41, 5.74) is 6.70. The third-order valence-corrected chi connectivity index (χ3v) is 3.24. The summed E-state index contributed by atoms with van der Waals surface area (Å²) in [6.07, 6.45) is 1.75. The summed E-state index contributed by atoms with van der Waals surface area (Å²) >= 11 is 0. The van der Waals surface area contributed by atoms with E-state index in [1.54, 1.807) is 6.07 Å². The molecule has 2 unspecified atom stereocenters. The molecule has 1 aliphatic rings. The van der Waals surface area contributed by atoms with Gasteiger partial charge < -0.3 is 5.73 Å². The Bertz CT molecular complexity index is 381. The van der Waals surface area contributed by atoms with Gasteiger partial charge in [-0.05, 0) is 44.1 Å². The maximum Gasteiger partial charge on any atom is 0.159 e. The van der Waals surface area contributed by atoms with Crippen LogP contribution in [0.1, 0.15) is 24.4 Å². The lowest BCUT2D eigenvalue weighted by Gasteiger charge is -2.36. The molecule has 0 saturated carbocycles. The number of nitrogens with two attached hydrogens (primary N) is 1. The van der Waals surface area contributed by atoms with Crippen molar-refractivity contribution in [2.24, 2.45) is 5.73 Å². The van der Waals surface area contributed by atoms with Crippen LogP contribution in [-0.2, 0) is 0 Å².